The topological polar surface area (TPSA) is 43.8 Å². The molecule has 17 heavy (non-hydrogen) atoms. The summed E-state index contributed by atoms with van der Waals surface area (Å²) >= 11 is 0. The number of carboxylic acids is 1. The number of carboxylic acid groups (broad SMARTS) is 1. The summed E-state index contributed by atoms with van der Waals surface area (Å²) in [6.45, 7) is 5.55. The van der Waals surface area contributed by atoms with Gasteiger partial charge in [-0.2, -0.15) is 0 Å². The zero-order valence-corrected chi connectivity index (χ0v) is 10.9. The van der Waals surface area contributed by atoms with Gasteiger partial charge in [-0.15, -0.1) is 0 Å². The number of aliphatic carboxylic acids is 1. The van der Waals surface area contributed by atoms with Crippen LogP contribution in [0, 0.1) is 5.92 Å². The fourth-order valence-electron chi connectivity index (χ4n) is 3.27. The molecule has 2 saturated heterocycles. The molecule has 0 bridgehead atoms. The predicted molar refractivity (Wildman–Crippen MR) is 67.0 cm³/mol. The number of rotatable bonds is 3. The number of hydrogen-bond acceptors (Lipinski definition) is 3. The Hall–Kier alpha value is -0.610. The number of carbonyl (C=O) groups is 1. The van der Waals surface area contributed by atoms with E-state index in [1.54, 1.807) is 0 Å². The van der Waals surface area contributed by atoms with Crippen LogP contribution in [0.15, 0.2) is 0 Å². The van der Waals surface area contributed by atoms with Crippen molar-refractivity contribution >= 4 is 5.97 Å². The summed E-state index contributed by atoms with van der Waals surface area (Å²) in [5.41, 5.74) is 0. The largest absolute Gasteiger partial charge is 0.481 e. The fraction of sp³-hybridized carbons (Fsp3) is 0.923. The van der Waals surface area contributed by atoms with Crippen LogP contribution in [-0.2, 0) is 4.79 Å². The standard InChI is InChI=1S/C13H24N2O2/c1-10-6-12(9-14(10)2)15-5-3-4-11(8-15)7-13(16)17/h10-12H,3-9H2,1-2H3,(H,16,17). The van der Waals surface area contributed by atoms with Crippen molar-refractivity contribution in [1.29, 1.82) is 0 Å². The second-order valence-corrected chi connectivity index (χ2v) is 5.78. The van der Waals surface area contributed by atoms with Gasteiger partial charge >= 0.3 is 5.97 Å². The molecule has 1 N–H and O–H groups in total. The minimum Gasteiger partial charge on any atom is -0.481 e. The zero-order chi connectivity index (χ0) is 12.4. The first-order valence-electron chi connectivity index (χ1n) is 6.72. The highest BCUT2D eigenvalue weighted by Crippen LogP contribution is 2.26. The highest BCUT2D eigenvalue weighted by atomic mass is 16.4. The van der Waals surface area contributed by atoms with E-state index in [0.29, 0.717) is 24.4 Å². The van der Waals surface area contributed by atoms with Crippen molar-refractivity contribution in [2.45, 2.75) is 44.7 Å². The van der Waals surface area contributed by atoms with E-state index in [1.165, 1.54) is 6.42 Å². The monoisotopic (exact) mass is 240 g/mol. The van der Waals surface area contributed by atoms with Crippen molar-refractivity contribution in [1.82, 2.24) is 9.80 Å². The Balaban J connectivity index is 1.87. The van der Waals surface area contributed by atoms with E-state index in [-0.39, 0.29) is 0 Å². The maximum atomic E-state index is 10.8. The molecule has 2 rings (SSSR count). The molecule has 0 aromatic heterocycles. The van der Waals surface area contributed by atoms with Crippen LogP contribution in [0.3, 0.4) is 0 Å². The molecular weight excluding hydrogens is 216 g/mol. The molecule has 0 radical (unpaired) electrons. The lowest BCUT2D eigenvalue weighted by atomic mass is 9.93. The van der Waals surface area contributed by atoms with Crippen molar-refractivity contribution in [3.8, 4) is 0 Å². The minimum absolute atomic E-state index is 0.342. The average Bonchev–Trinajstić information content (AvgIpc) is 2.59. The van der Waals surface area contributed by atoms with E-state index in [2.05, 4.69) is 23.8 Å². The maximum absolute atomic E-state index is 10.8. The maximum Gasteiger partial charge on any atom is 0.303 e. The predicted octanol–water partition coefficient (Wildman–Crippen LogP) is 1.27. The molecule has 2 heterocycles. The summed E-state index contributed by atoms with van der Waals surface area (Å²) in [7, 11) is 2.18. The van der Waals surface area contributed by atoms with Crippen LogP contribution >= 0.6 is 0 Å². The van der Waals surface area contributed by atoms with Crippen molar-refractivity contribution in [3.63, 3.8) is 0 Å². The molecule has 2 fully saturated rings. The van der Waals surface area contributed by atoms with Crippen molar-refractivity contribution < 1.29 is 9.90 Å². The van der Waals surface area contributed by atoms with Gasteiger partial charge in [0, 0.05) is 31.6 Å². The highest BCUT2D eigenvalue weighted by Gasteiger charge is 2.33. The molecule has 2 aliphatic heterocycles. The van der Waals surface area contributed by atoms with Crippen molar-refractivity contribution in [2.24, 2.45) is 5.92 Å². The summed E-state index contributed by atoms with van der Waals surface area (Å²) in [5, 5.41) is 8.87. The molecule has 0 aliphatic carbocycles. The molecule has 2 aliphatic rings. The van der Waals surface area contributed by atoms with Gasteiger partial charge in [0.1, 0.15) is 0 Å². The molecule has 0 saturated carbocycles. The lowest BCUT2D eigenvalue weighted by molar-refractivity contribution is -0.138. The van der Waals surface area contributed by atoms with Crippen LogP contribution in [0.1, 0.15) is 32.6 Å². The van der Waals surface area contributed by atoms with Gasteiger partial charge < -0.3 is 10.0 Å². The van der Waals surface area contributed by atoms with E-state index < -0.39 is 5.97 Å². The number of likely N-dealkylation sites (tertiary alicyclic amines) is 2. The van der Waals surface area contributed by atoms with Gasteiger partial charge in [-0.25, -0.2) is 0 Å². The molecule has 4 nitrogen and oxygen atoms in total. The SMILES string of the molecule is CC1CC(N2CCCC(CC(=O)O)C2)CN1C. The normalized spacial score (nSPS) is 36.2. The molecule has 0 aromatic carbocycles. The Bertz CT molecular complexity index is 273. The molecular formula is C13H24N2O2. The smallest absolute Gasteiger partial charge is 0.303 e. The molecule has 3 unspecified atom stereocenters. The number of likely N-dealkylation sites (N-methyl/N-ethyl adjacent to an activating group) is 1. The number of hydrogen-bond donors (Lipinski definition) is 1. The lowest BCUT2D eigenvalue weighted by Gasteiger charge is -2.36. The molecule has 4 heteroatoms. The summed E-state index contributed by atoms with van der Waals surface area (Å²) in [4.78, 5) is 15.7. The van der Waals surface area contributed by atoms with Crippen LogP contribution in [0.4, 0.5) is 0 Å². The van der Waals surface area contributed by atoms with Gasteiger partial charge in [-0.05, 0) is 45.7 Å². The second kappa shape index (κ2) is 5.36. The Morgan fingerprint density at radius 1 is 1.41 bits per heavy atom. The van der Waals surface area contributed by atoms with Crippen molar-refractivity contribution in [2.75, 3.05) is 26.7 Å². The Kier molecular flexibility index (Phi) is 4.05. The highest BCUT2D eigenvalue weighted by molar-refractivity contribution is 5.67. The van der Waals surface area contributed by atoms with Gasteiger partial charge in [0.15, 0.2) is 0 Å². The Morgan fingerprint density at radius 2 is 2.18 bits per heavy atom. The zero-order valence-electron chi connectivity index (χ0n) is 10.9. The molecule has 0 amide bonds. The van der Waals surface area contributed by atoms with Crippen LogP contribution < -0.4 is 0 Å². The van der Waals surface area contributed by atoms with E-state index in [9.17, 15) is 4.79 Å². The average molecular weight is 240 g/mol. The first kappa shape index (κ1) is 12.8. The third kappa shape index (κ3) is 3.19. The minimum atomic E-state index is -0.645. The third-order valence-corrected chi connectivity index (χ3v) is 4.39. The summed E-state index contributed by atoms with van der Waals surface area (Å²) in [6.07, 6.45) is 3.82. The fourth-order valence-corrected chi connectivity index (χ4v) is 3.27. The van der Waals surface area contributed by atoms with Gasteiger partial charge in [-0.3, -0.25) is 9.69 Å². The first-order chi connectivity index (χ1) is 8.06. The Morgan fingerprint density at radius 3 is 2.76 bits per heavy atom. The third-order valence-electron chi connectivity index (χ3n) is 4.39. The molecule has 0 aromatic rings. The van der Waals surface area contributed by atoms with Crippen molar-refractivity contribution in [3.05, 3.63) is 0 Å². The van der Waals surface area contributed by atoms with E-state index in [4.69, 9.17) is 5.11 Å². The number of nitrogens with zero attached hydrogens (tertiary/aromatic N) is 2. The summed E-state index contributed by atoms with van der Waals surface area (Å²) in [5.74, 6) is -0.281. The molecule has 0 spiro atoms. The second-order valence-electron chi connectivity index (χ2n) is 5.78. The van der Waals surface area contributed by atoms with Gasteiger partial charge in [0.2, 0.25) is 0 Å². The Labute approximate surface area is 104 Å². The van der Waals surface area contributed by atoms with Crippen LogP contribution in [0.2, 0.25) is 0 Å². The van der Waals surface area contributed by atoms with Gasteiger partial charge in [0.05, 0.1) is 0 Å². The first-order valence-corrected chi connectivity index (χ1v) is 6.72. The van der Waals surface area contributed by atoms with Crippen LogP contribution in [0.25, 0.3) is 0 Å². The van der Waals surface area contributed by atoms with E-state index >= 15 is 0 Å². The molecule has 98 valence electrons. The molecule has 3 atom stereocenters. The van der Waals surface area contributed by atoms with Crippen LogP contribution in [-0.4, -0.2) is 59.6 Å². The lowest BCUT2D eigenvalue weighted by Crippen LogP contribution is -2.44. The quantitative estimate of drug-likeness (QED) is 0.806. The van der Waals surface area contributed by atoms with E-state index in [0.717, 1.165) is 32.5 Å². The van der Waals surface area contributed by atoms with Crippen LogP contribution in [0.5, 0.6) is 0 Å². The summed E-state index contributed by atoms with van der Waals surface area (Å²) in [6, 6.07) is 1.31. The summed E-state index contributed by atoms with van der Waals surface area (Å²) < 4.78 is 0. The number of piperidine rings is 1. The van der Waals surface area contributed by atoms with E-state index in [1.807, 2.05) is 0 Å². The van der Waals surface area contributed by atoms with Gasteiger partial charge in [0.25, 0.3) is 0 Å². The van der Waals surface area contributed by atoms with Gasteiger partial charge in [-0.1, -0.05) is 0 Å².